The zero-order valence-corrected chi connectivity index (χ0v) is 20.4. The fourth-order valence-corrected chi connectivity index (χ4v) is 3.62. The van der Waals surface area contributed by atoms with E-state index in [1.54, 1.807) is 7.05 Å². The second-order valence-electron chi connectivity index (χ2n) is 7.39. The summed E-state index contributed by atoms with van der Waals surface area (Å²) in [6.07, 6.45) is 0. The molecule has 1 amide bonds. The van der Waals surface area contributed by atoms with Crippen LogP contribution in [0.25, 0.3) is 0 Å². The van der Waals surface area contributed by atoms with E-state index in [1.165, 1.54) is 16.8 Å². The lowest BCUT2D eigenvalue weighted by Gasteiger charge is -2.36. The van der Waals surface area contributed by atoms with Crippen molar-refractivity contribution < 1.29 is 4.79 Å². The number of guanidine groups is 1. The van der Waals surface area contributed by atoms with E-state index in [-0.39, 0.29) is 36.4 Å². The number of benzene rings is 2. The van der Waals surface area contributed by atoms with Crippen LogP contribution in [0, 0.1) is 6.92 Å². The summed E-state index contributed by atoms with van der Waals surface area (Å²) in [4.78, 5) is 23.3. The third-order valence-corrected chi connectivity index (χ3v) is 5.39. The van der Waals surface area contributed by atoms with Crippen molar-refractivity contribution in [1.29, 1.82) is 0 Å². The van der Waals surface area contributed by atoms with Gasteiger partial charge in [0.25, 0.3) is 0 Å². The molecule has 7 heteroatoms. The molecule has 1 saturated heterocycles. The standard InChI is InChI=1S/C23H31N5O.HI/c1-19-9-7-8-10-20(19)18-26(3)23(24-2)25-17-22(29)28-15-13-27(14-16-28)21-11-5-4-6-12-21;/h4-12H,13-18H2,1-3H3,(H,24,25);1H. The van der Waals surface area contributed by atoms with Crippen LogP contribution in [0.15, 0.2) is 59.6 Å². The third-order valence-electron chi connectivity index (χ3n) is 5.39. The number of carbonyl (C=O) groups excluding carboxylic acids is 1. The van der Waals surface area contributed by atoms with Gasteiger partial charge in [0.2, 0.25) is 5.91 Å². The molecule has 2 aromatic rings. The highest BCUT2D eigenvalue weighted by molar-refractivity contribution is 14.0. The Hall–Kier alpha value is -2.29. The van der Waals surface area contributed by atoms with E-state index in [0.29, 0.717) is 0 Å². The Morgan fingerprint density at radius 1 is 1.03 bits per heavy atom. The van der Waals surface area contributed by atoms with Crippen LogP contribution in [-0.2, 0) is 11.3 Å². The minimum Gasteiger partial charge on any atom is -0.368 e. The van der Waals surface area contributed by atoms with Crippen molar-refractivity contribution in [2.75, 3.05) is 51.7 Å². The molecule has 6 nitrogen and oxygen atoms in total. The molecule has 0 spiro atoms. The largest absolute Gasteiger partial charge is 0.368 e. The molecule has 3 rings (SSSR count). The average Bonchev–Trinajstić information content (AvgIpc) is 2.76. The van der Waals surface area contributed by atoms with Crippen LogP contribution in [0.4, 0.5) is 5.69 Å². The number of hydrogen-bond donors (Lipinski definition) is 1. The first kappa shape index (κ1) is 24.0. The molecule has 1 aliphatic heterocycles. The van der Waals surface area contributed by atoms with Crippen LogP contribution in [0.2, 0.25) is 0 Å². The highest BCUT2D eigenvalue weighted by atomic mass is 127. The first-order valence-electron chi connectivity index (χ1n) is 10.1. The average molecular weight is 521 g/mol. The van der Waals surface area contributed by atoms with Gasteiger partial charge in [-0.1, -0.05) is 42.5 Å². The Bertz CT molecular complexity index is 834. The summed E-state index contributed by atoms with van der Waals surface area (Å²) in [7, 11) is 3.74. The number of aliphatic imine (C=N–C) groups is 1. The second kappa shape index (κ2) is 11.8. The SMILES string of the molecule is CN=C(NCC(=O)N1CCN(c2ccccc2)CC1)N(C)Cc1ccccc1C.I. The second-order valence-corrected chi connectivity index (χ2v) is 7.39. The molecular weight excluding hydrogens is 489 g/mol. The molecule has 1 fully saturated rings. The van der Waals surface area contributed by atoms with E-state index < -0.39 is 0 Å². The number of anilines is 1. The number of amides is 1. The normalized spacial score (nSPS) is 14.2. The predicted molar refractivity (Wildman–Crippen MR) is 135 cm³/mol. The maximum atomic E-state index is 12.7. The van der Waals surface area contributed by atoms with E-state index in [2.05, 4.69) is 58.5 Å². The molecule has 0 bridgehead atoms. The number of para-hydroxylation sites is 1. The van der Waals surface area contributed by atoms with Crippen LogP contribution < -0.4 is 10.2 Å². The summed E-state index contributed by atoms with van der Waals surface area (Å²) in [5.74, 6) is 0.840. The molecule has 1 N–H and O–H groups in total. The van der Waals surface area contributed by atoms with Gasteiger partial charge in [0.1, 0.15) is 0 Å². The molecule has 1 heterocycles. The van der Waals surface area contributed by atoms with Gasteiger partial charge in [0.15, 0.2) is 5.96 Å². The molecule has 0 aromatic heterocycles. The van der Waals surface area contributed by atoms with Gasteiger partial charge >= 0.3 is 0 Å². The Morgan fingerprint density at radius 3 is 2.30 bits per heavy atom. The molecule has 0 unspecified atom stereocenters. The number of piperazine rings is 1. The maximum absolute atomic E-state index is 12.7. The van der Waals surface area contributed by atoms with Crippen molar-refractivity contribution in [3.63, 3.8) is 0 Å². The van der Waals surface area contributed by atoms with Crippen LogP contribution in [0.1, 0.15) is 11.1 Å². The Morgan fingerprint density at radius 2 is 1.67 bits per heavy atom. The van der Waals surface area contributed by atoms with Crippen molar-refractivity contribution in [3.05, 3.63) is 65.7 Å². The van der Waals surface area contributed by atoms with Gasteiger partial charge in [-0.25, -0.2) is 0 Å². The number of halogens is 1. The van der Waals surface area contributed by atoms with E-state index in [9.17, 15) is 4.79 Å². The third kappa shape index (κ3) is 6.35. The number of carbonyl (C=O) groups is 1. The van der Waals surface area contributed by atoms with E-state index in [0.717, 1.165) is 38.7 Å². The van der Waals surface area contributed by atoms with Gasteiger partial charge in [-0.15, -0.1) is 24.0 Å². The van der Waals surface area contributed by atoms with E-state index >= 15 is 0 Å². The Balaban J connectivity index is 0.00000320. The summed E-state index contributed by atoms with van der Waals surface area (Å²) < 4.78 is 0. The first-order valence-corrected chi connectivity index (χ1v) is 10.1. The zero-order chi connectivity index (χ0) is 20.6. The lowest BCUT2D eigenvalue weighted by Crippen LogP contribution is -2.52. The molecular formula is C23H32IN5O. The predicted octanol–water partition coefficient (Wildman–Crippen LogP) is 2.97. The van der Waals surface area contributed by atoms with Gasteiger partial charge in [-0.3, -0.25) is 9.79 Å². The van der Waals surface area contributed by atoms with E-state index in [4.69, 9.17) is 0 Å². The summed E-state index contributed by atoms with van der Waals surface area (Å²) in [5.41, 5.74) is 3.72. The van der Waals surface area contributed by atoms with Crippen molar-refractivity contribution in [2.24, 2.45) is 4.99 Å². The summed E-state index contributed by atoms with van der Waals surface area (Å²) in [6.45, 7) is 6.32. The minimum absolute atomic E-state index is 0. The van der Waals surface area contributed by atoms with Gasteiger partial charge < -0.3 is 20.0 Å². The molecule has 2 aromatic carbocycles. The summed E-state index contributed by atoms with van der Waals surface area (Å²) in [6, 6.07) is 18.7. The number of nitrogens with zero attached hydrogens (tertiary/aromatic N) is 4. The van der Waals surface area contributed by atoms with Crippen LogP contribution in [-0.4, -0.2) is 68.5 Å². The minimum atomic E-state index is 0. The monoisotopic (exact) mass is 521 g/mol. The van der Waals surface area contributed by atoms with Crippen molar-refractivity contribution >= 4 is 41.5 Å². The molecule has 0 aliphatic carbocycles. The molecule has 0 radical (unpaired) electrons. The first-order chi connectivity index (χ1) is 14.1. The van der Waals surface area contributed by atoms with E-state index in [1.807, 2.05) is 35.0 Å². The number of aryl methyl sites for hydroxylation is 1. The van der Waals surface area contributed by atoms with Crippen molar-refractivity contribution in [2.45, 2.75) is 13.5 Å². The summed E-state index contributed by atoms with van der Waals surface area (Å²) in [5, 5.41) is 3.22. The fourth-order valence-electron chi connectivity index (χ4n) is 3.62. The molecule has 1 aliphatic rings. The highest BCUT2D eigenvalue weighted by Gasteiger charge is 2.21. The molecule has 0 saturated carbocycles. The maximum Gasteiger partial charge on any atom is 0.242 e. The molecule has 0 atom stereocenters. The lowest BCUT2D eigenvalue weighted by atomic mass is 10.1. The van der Waals surface area contributed by atoms with Crippen molar-refractivity contribution in [1.82, 2.24) is 15.1 Å². The van der Waals surface area contributed by atoms with Crippen molar-refractivity contribution in [3.8, 4) is 0 Å². The topological polar surface area (TPSA) is 51.2 Å². The Labute approximate surface area is 197 Å². The van der Waals surface area contributed by atoms with Gasteiger partial charge in [0, 0.05) is 52.5 Å². The smallest absolute Gasteiger partial charge is 0.242 e. The van der Waals surface area contributed by atoms with Gasteiger partial charge in [-0.2, -0.15) is 0 Å². The summed E-state index contributed by atoms with van der Waals surface area (Å²) >= 11 is 0. The fraction of sp³-hybridized carbons (Fsp3) is 0.391. The van der Waals surface area contributed by atoms with Gasteiger partial charge in [0.05, 0.1) is 6.54 Å². The van der Waals surface area contributed by atoms with Gasteiger partial charge in [-0.05, 0) is 30.2 Å². The zero-order valence-electron chi connectivity index (χ0n) is 18.0. The molecule has 162 valence electrons. The number of hydrogen-bond acceptors (Lipinski definition) is 3. The van der Waals surface area contributed by atoms with Crippen LogP contribution in [0.5, 0.6) is 0 Å². The molecule has 30 heavy (non-hydrogen) atoms. The lowest BCUT2D eigenvalue weighted by molar-refractivity contribution is -0.130. The van der Waals surface area contributed by atoms with Crippen LogP contribution in [0.3, 0.4) is 0 Å². The van der Waals surface area contributed by atoms with Crippen LogP contribution >= 0.6 is 24.0 Å². The highest BCUT2D eigenvalue weighted by Crippen LogP contribution is 2.15. The number of nitrogens with one attached hydrogen (secondary N) is 1. The Kier molecular flexibility index (Phi) is 9.42. The quantitative estimate of drug-likeness (QED) is 0.374. The number of rotatable bonds is 5.